The fourth-order valence-electron chi connectivity index (χ4n) is 1.39. The average molecular weight is 420 g/mol. The summed E-state index contributed by atoms with van der Waals surface area (Å²) >= 11 is 12.4. The van der Waals surface area contributed by atoms with E-state index in [1.165, 1.54) is 0 Å². The molecular weight excluding hydrogens is 411 g/mol. The van der Waals surface area contributed by atoms with E-state index in [0.717, 1.165) is 4.47 Å². The molecule has 0 aliphatic heterocycles. The number of carbonyl (C=O) groups excluding carboxylic acids is 1. The molecule has 0 heterocycles. The second kappa shape index (κ2) is 7.11. The molecule has 20 heavy (non-hydrogen) atoms. The van der Waals surface area contributed by atoms with Gasteiger partial charge in [0.05, 0.1) is 4.47 Å². The Balaban J connectivity index is 1.90. The molecule has 0 atom stereocenters. The van der Waals surface area contributed by atoms with Crippen LogP contribution in [0.2, 0.25) is 5.02 Å². The third-order valence-electron chi connectivity index (χ3n) is 2.28. The van der Waals surface area contributed by atoms with Gasteiger partial charge < -0.3 is 9.47 Å². The molecule has 0 amide bonds. The molecule has 0 bridgehead atoms. The summed E-state index contributed by atoms with van der Waals surface area (Å²) in [6, 6.07) is 12.0. The summed E-state index contributed by atoms with van der Waals surface area (Å²) in [5, 5.41) is 0.585. The molecule has 0 aliphatic carbocycles. The van der Waals surface area contributed by atoms with Crippen LogP contribution in [-0.4, -0.2) is 12.6 Å². The van der Waals surface area contributed by atoms with Crippen molar-refractivity contribution in [3.05, 3.63) is 56.4 Å². The van der Waals surface area contributed by atoms with Crippen LogP contribution >= 0.6 is 43.5 Å². The van der Waals surface area contributed by atoms with E-state index in [1.54, 1.807) is 42.5 Å². The lowest BCUT2D eigenvalue weighted by Gasteiger charge is -2.08. The van der Waals surface area contributed by atoms with Crippen molar-refractivity contribution >= 4 is 49.4 Å². The standard InChI is InChI=1S/C14H9Br2ClO3/c15-9-1-4-11(5-2-9)20-14(18)8-19-13-6-3-10(17)7-12(13)16/h1-7H,8H2. The normalized spacial score (nSPS) is 10.2. The second-order valence-electron chi connectivity index (χ2n) is 3.79. The molecule has 2 aromatic rings. The molecule has 0 aromatic heterocycles. The Hall–Kier alpha value is -1.04. The molecular formula is C14H9Br2ClO3. The van der Waals surface area contributed by atoms with Crippen LogP contribution in [0.5, 0.6) is 11.5 Å². The van der Waals surface area contributed by atoms with Gasteiger partial charge in [-0.3, -0.25) is 0 Å². The predicted octanol–water partition coefficient (Wildman–Crippen LogP) is 4.85. The largest absolute Gasteiger partial charge is 0.481 e. The van der Waals surface area contributed by atoms with Crippen molar-refractivity contribution in [2.45, 2.75) is 0 Å². The molecule has 0 radical (unpaired) electrons. The summed E-state index contributed by atoms with van der Waals surface area (Å²) in [6.07, 6.45) is 0. The summed E-state index contributed by atoms with van der Waals surface area (Å²) in [4.78, 5) is 11.6. The highest BCUT2D eigenvalue weighted by Gasteiger charge is 2.08. The Morgan fingerprint density at radius 1 is 1.10 bits per heavy atom. The topological polar surface area (TPSA) is 35.5 Å². The molecule has 0 saturated heterocycles. The maximum Gasteiger partial charge on any atom is 0.349 e. The molecule has 0 aliphatic rings. The summed E-state index contributed by atoms with van der Waals surface area (Å²) in [5.74, 6) is 0.522. The van der Waals surface area contributed by atoms with Crippen molar-refractivity contribution < 1.29 is 14.3 Å². The van der Waals surface area contributed by atoms with Gasteiger partial charge in [0, 0.05) is 9.50 Å². The quantitative estimate of drug-likeness (QED) is 0.524. The Labute approximate surface area is 138 Å². The molecule has 2 aromatic carbocycles. The van der Waals surface area contributed by atoms with Gasteiger partial charge in [-0.15, -0.1) is 0 Å². The lowest BCUT2D eigenvalue weighted by atomic mass is 10.3. The fraction of sp³-hybridized carbons (Fsp3) is 0.0714. The molecule has 104 valence electrons. The first-order valence-electron chi connectivity index (χ1n) is 5.59. The van der Waals surface area contributed by atoms with Crippen molar-refractivity contribution in [1.82, 2.24) is 0 Å². The van der Waals surface area contributed by atoms with Crippen molar-refractivity contribution in [1.29, 1.82) is 0 Å². The van der Waals surface area contributed by atoms with Crippen LogP contribution in [0.4, 0.5) is 0 Å². The smallest absolute Gasteiger partial charge is 0.349 e. The summed E-state index contributed by atoms with van der Waals surface area (Å²) in [7, 11) is 0. The van der Waals surface area contributed by atoms with E-state index in [1.807, 2.05) is 0 Å². The lowest BCUT2D eigenvalue weighted by molar-refractivity contribution is -0.136. The van der Waals surface area contributed by atoms with Gasteiger partial charge in [-0.25, -0.2) is 4.79 Å². The van der Waals surface area contributed by atoms with Gasteiger partial charge in [-0.1, -0.05) is 27.5 Å². The van der Waals surface area contributed by atoms with Crippen LogP contribution in [0.1, 0.15) is 0 Å². The zero-order valence-corrected chi connectivity index (χ0v) is 14.0. The number of halogens is 3. The highest BCUT2D eigenvalue weighted by Crippen LogP contribution is 2.28. The molecule has 0 spiro atoms. The van der Waals surface area contributed by atoms with Crippen LogP contribution < -0.4 is 9.47 Å². The monoisotopic (exact) mass is 418 g/mol. The maximum atomic E-state index is 11.6. The number of benzene rings is 2. The maximum absolute atomic E-state index is 11.6. The van der Waals surface area contributed by atoms with E-state index < -0.39 is 5.97 Å². The number of esters is 1. The first-order chi connectivity index (χ1) is 9.54. The average Bonchev–Trinajstić information content (AvgIpc) is 2.40. The zero-order chi connectivity index (χ0) is 14.5. The van der Waals surface area contributed by atoms with Gasteiger partial charge in [0.1, 0.15) is 11.5 Å². The Bertz CT molecular complexity index is 614. The van der Waals surface area contributed by atoms with Gasteiger partial charge in [-0.05, 0) is 58.4 Å². The third-order valence-corrected chi connectivity index (χ3v) is 3.67. The number of hydrogen-bond acceptors (Lipinski definition) is 3. The van der Waals surface area contributed by atoms with E-state index in [4.69, 9.17) is 21.1 Å². The van der Waals surface area contributed by atoms with Crippen LogP contribution in [-0.2, 0) is 4.79 Å². The van der Waals surface area contributed by atoms with E-state index in [-0.39, 0.29) is 6.61 Å². The summed E-state index contributed by atoms with van der Waals surface area (Å²) < 4.78 is 12.1. The van der Waals surface area contributed by atoms with Crippen molar-refractivity contribution in [3.8, 4) is 11.5 Å². The van der Waals surface area contributed by atoms with Crippen molar-refractivity contribution in [2.75, 3.05) is 6.61 Å². The lowest BCUT2D eigenvalue weighted by Crippen LogP contribution is -2.17. The first-order valence-corrected chi connectivity index (χ1v) is 7.55. The molecule has 0 unspecified atom stereocenters. The van der Waals surface area contributed by atoms with E-state index in [2.05, 4.69) is 31.9 Å². The minimum absolute atomic E-state index is 0.184. The van der Waals surface area contributed by atoms with Crippen LogP contribution in [0, 0.1) is 0 Å². The number of hydrogen-bond donors (Lipinski definition) is 0. The highest BCUT2D eigenvalue weighted by atomic mass is 79.9. The number of ether oxygens (including phenoxy) is 2. The predicted molar refractivity (Wildman–Crippen MR) is 84.4 cm³/mol. The zero-order valence-electron chi connectivity index (χ0n) is 10.1. The van der Waals surface area contributed by atoms with E-state index in [0.29, 0.717) is 21.0 Å². The molecule has 0 saturated carbocycles. The summed E-state index contributed by atoms with van der Waals surface area (Å²) in [6.45, 7) is -0.184. The molecule has 0 fully saturated rings. The van der Waals surface area contributed by atoms with Gasteiger partial charge in [0.25, 0.3) is 0 Å². The molecule has 0 N–H and O–H groups in total. The Morgan fingerprint density at radius 3 is 2.45 bits per heavy atom. The van der Waals surface area contributed by atoms with Gasteiger partial charge >= 0.3 is 5.97 Å². The minimum atomic E-state index is -0.478. The Morgan fingerprint density at radius 2 is 1.80 bits per heavy atom. The molecule has 3 nitrogen and oxygen atoms in total. The van der Waals surface area contributed by atoms with E-state index >= 15 is 0 Å². The molecule has 2 rings (SSSR count). The van der Waals surface area contributed by atoms with Crippen LogP contribution in [0.3, 0.4) is 0 Å². The first kappa shape index (κ1) is 15.4. The minimum Gasteiger partial charge on any atom is -0.481 e. The van der Waals surface area contributed by atoms with Crippen LogP contribution in [0.25, 0.3) is 0 Å². The van der Waals surface area contributed by atoms with E-state index in [9.17, 15) is 4.79 Å². The third kappa shape index (κ3) is 4.51. The Kier molecular flexibility index (Phi) is 5.46. The van der Waals surface area contributed by atoms with Gasteiger partial charge in [0.2, 0.25) is 0 Å². The van der Waals surface area contributed by atoms with Crippen molar-refractivity contribution in [2.24, 2.45) is 0 Å². The second-order valence-corrected chi connectivity index (χ2v) is 6.00. The highest BCUT2D eigenvalue weighted by molar-refractivity contribution is 9.10. The molecule has 6 heteroatoms. The summed E-state index contributed by atoms with van der Waals surface area (Å²) in [5.41, 5.74) is 0. The number of rotatable bonds is 4. The van der Waals surface area contributed by atoms with Gasteiger partial charge in [0.15, 0.2) is 6.61 Å². The van der Waals surface area contributed by atoms with Gasteiger partial charge in [-0.2, -0.15) is 0 Å². The SMILES string of the molecule is O=C(COc1ccc(Cl)cc1Br)Oc1ccc(Br)cc1. The van der Waals surface area contributed by atoms with Crippen LogP contribution in [0.15, 0.2) is 51.4 Å². The van der Waals surface area contributed by atoms with Crippen molar-refractivity contribution in [3.63, 3.8) is 0 Å². The fourth-order valence-corrected chi connectivity index (χ4v) is 2.45. The number of carbonyl (C=O) groups is 1.